The number of fused-ring (bicyclic) bond motifs is 3. The zero-order chi connectivity index (χ0) is 12.0. The van der Waals surface area contributed by atoms with E-state index in [9.17, 15) is 14.7 Å². The summed E-state index contributed by atoms with van der Waals surface area (Å²) < 4.78 is 0. The molecule has 0 saturated heterocycles. The zero-order valence-electron chi connectivity index (χ0n) is 9.95. The molecule has 3 aliphatic rings. The van der Waals surface area contributed by atoms with Crippen LogP contribution in [0.3, 0.4) is 0 Å². The van der Waals surface area contributed by atoms with Gasteiger partial charge in [-0.05, 0) is 38.5 Å². The van der Waals surface area contributed by atoms with Crippen LogP contribution in [0.2, 0.25) is 0 Å². The molecule has 3 saturated carbocycles. The van der Waals surface area contributed by atoms with E-state index in [0.29, 0.717) is 19.3 Å². The molecule has 0 aromatic heterocycles. The lowest BCUT2D eigenvalue weighted by Crippen LogP contribution is -2.52. The average Bonchev–Trinajstić information content (AvgIpc) is 2.30. The summed E-state index contributed by atoms with van der Waals surface area (Å²) in [5.74, 6) is -0.482. The van der Waals surface area contributed by atoms with Crippen LogP contribution >= 0.6 is 0 Å². The second-order valence-electron chi connectivity index (χ2n) is 5.57. The average molecular weight is 225 g/mol. The van der Waals surface area contributed by atoms with E-state index >= 15 is 0 Å². The first-order chi connectivity index (χ1) is 7.42. The predicted molar refractivity (Wildman–Crippen MR) is 58.9 cm³/mol. The van der Waals surface area contributed by atoms with Gasteiger partial charge in [0.05, 0.1) is 5.41 Å². The minimum absolute atomic E-state index is 0.186. The van der Waals surface area contributed by atoms with Crippen molar-refractivity contribution < 1.29 is 14.7 Å². The highest BCUT2D eigenvalue weighted by atomic mass is 16.4. The van der Waals surface area contributed by atoms with Crippen molar-refractivity contribution in [3.05, 3.63) is 0 Å². The first-order valence-corrected chi connectivity index (χ1v) is 5.87. The second kappa shape index (κ2) is 3.47. The maximum atomic E-state index is 12.1. The number of hydrogen-bond acceptors (Lipinski definition) is 2. The quantitative estimate of drug-likeness (QED) is 0.774. The lowest BCUT2D eigenvalue weighted by atomic mass is 9.53. The van der Waals surface area contributed by atoms with E-state index in [1.165, 1.54) is 0 Å². The van der Waals surface area contributed by atoms with Gasteiger partial charge in [0, 0.05) is 19.5 Å². The van der Waals surface area contributed by atoms with Crippen molar-refractivity contribution >= 4 is 11.9 Å². The van der Waals surface area contributed by atoms with Gasteiger partial charge in [-0.1, -0.05) is 0 Å². The normalized spacial score (nSPS) is 37.1. The highest BCUT2D eigenvalue weighted by Gasteiger charge is 2.55. The summed E-state index contributed by atoms with van der Waals surface area (Å²) in [6.45, 7) is 0. The number of amides is 1. The number of rotatable bonds is 2. The Bertz CT molecular complexity index is 311. The molecular weight excluding hydrogens is 206 g/mol. The van der Waals surface area contributed by atoms with Gasteiger partial charge in [-0.25, -0.2) is 0 Å². The van der Waals surface area contributed by atoms with Crippen LogP contribution in [0.15, 0.2) is 0 Å². The predicted octanol–water partition coefficient (Wildman–Crippen LogP) is 1.50. The van der Waals surface area contributed by atoms with E-state index in [4.69, 9.17) is 0 Å². The molecule has 3 fully saturated rings. The summed E-state index contributed by atoms with van der Waals surface area (Å²) in [4.78, 5) is 25.0. The second-order valence-corrected chi connectivity index (χ2v) is 5.57. The standard InChI is InChI=1S/C12H19NO3/c1-13(2)9(14)11-3-6-12(7-4-11,8-5-11)10(15)16/h3-8H2,1-2H3,(H,15,16). The van der Waals surface area contributed by atoms with E-state index < -0.39 is 11.4 Å². The Morgan fingerprint density at radius 1 is 0.938 bits per heavy atom. The Kier molecular flexibility index (Phi) is 2.48. The largest absolute Gasteiger partial charge is 0.481 e. The third kappa shape index (κ3) is 1.43. The van der Waals surface area contributed by atoms with Crippen LogP contribution in [-0.2, 0) is 9.59 Å². The Morgan fingerprint density at radius 2 is 1.31 bits per heavy atom. The molecule has 0 aromatic carbocycles. The van der Waals surface area contributed by atoms with Crippen LogP contribution in [0.4, 0.5) is 0 Å². The van der Waals surface area contributed by atoms with Gasteiger partial charge in [-0.15, -0.1) is 0 Å². The number of aliphatic carboxylic acids is 1. The number of carboxylic acid groups (broad SMARTS) is 1. The van der Waals surface area contributed by atoms with E-state index in [-0.39, 0.29) is 11.3 Å². The molecule has 4 nitrogen and oxygen atoms in total. The monoisotopic (exact) mass is 225 g/mol. The van der Waals surface area contributed by atoms with Crippen molar-refractivity contribution in [1.29, 1.82) is 0 Å². The summed E-state index contributed by atoms with van der Waals surface area (Å²) >= 11 is 0. The number of nitrogens with zero attached hydrogens (tertiary/aromatic N) is 1. The van der Waals surface area contributed by atoms with E-state index in [1.54, 1.807) is 19.0 Å². The van der Waals surface area contributed by atoms with Gasteiger partial charge in [-0.2, -0.15) is 0 Å². The van der Waals surface area contributed by atoms with Gasteiger partial charge >= 0.3 is 5.97 Å². The molecule has 4 heteroatoms. The molecular formula is C12H19NO3. The fraction of sp³-hybridized carbons (Fsp3) is 0.833. The van der Waals surface area contributed by atoms with Gasteiger partial charge in [0.2, 0.25) is 5.91 Å². The lowest BCUT2D eigenvalue weighted by Gasteiger charge is -2.50. The number of carbonyl (C=O) groups excluding carboxylic acids is 1. The molecule has 1 N–H and O–H groups in total. The topological polar surface area (TPSA) is 57.6 Å². The summed E-state index contributed by atoms with van der Waals surface area (Å²) in [5.41, 5.74) is -0.769. The summed E-state index contributed by atoms with van der Waals surface area (Å²) in [6, 6.07) is 0. The first-order valence-electron chi connectivity index (χ1n) is 5.87. The molecule has 1 amide bonds. The van der Waals surface area contributed by atoms with Crippen LogP contribution in [0.5, 0.6) is 0 Å². The number of hydrogen-bond donors (Lipinski definition) is 1. The maximum absolute atomic E-state index is 12.1. The Morgan fingerprint density at radius 3 is 1.62 bits per heavy atom. The minimum atomic E-state index is -0.668. The Hall–Kier alpha value is -1.06. The molecule has 0 atom stereocenters. The van der Waals surface area contributed by atoms with Crippen LogP contribution in [0.25, 0.3) is 0 Å². The van der Waals surface area contributed by atoms with E-state index in [2.05, 4.69) is 0 Å². The van der Waals surface area contributed by atoms with Gasteiger partial charge < -0.3 is 10.0 Å². The Labute approximate surface area is 95.6 Å². The van der Waals surface area contributed by atoms with Crippen LogP contribution < -0.4 is 0 Å². The summed E-state index contributed by atoms with van der Waals surface area (Å²) in [6.07, 6.45) is 4.24. The maximum Gasteiger partial charge on any atom is 0.309 e. The van der Waals surface area contributed by atoms with Crippen molar-refractivity contribution in [3.8, 4) is 0 Å². The van der Waals surface area contributed by atoms with Crippen molar-refractivity contribution in [3.63, 3.8) is 0 Å². The van der Waals surface area contributed by atoms with Crippen molar-refractivity contribution in [2.24, 2.45) is 10.8 Å². The molecule has 16 heavy (non-hydrogen) atoms. The SMILES string of the molecule is CN(C)C(=O)C12CCC(C(=O)O)(CC1)CC2. The first kappa shape index (κ1) is 11.4. The number of carboxylic acids is 1. The van der Waals surface area contributed by atoms with Crippen molar-refractivity contribution in [2.45, 2.75) is 38.5 Å². The highest BCUT2D eigenvalue weighted by molar-refractivity contribution is 5.84. The summed E-state index contributed by atoms with van der Waals surface area (Å²) in [7, 11) is 3.56. The molecule has 0 aromatic rings. The number of carbonyl (C=O) groups is 2. The lowest BCUT2D eigenvalue weighted by molar-refractivity contribution is -0.166. The zero-order valence-corrected chi connectivity index (χ0v) is 9.95. The highest BCUT2D eigenvalue weighted by Crippen LogP contribution is 2.57. The molecule has 90 valence electrons. The molecule has 3 rings (SSSR count). The molecule has 0 heterocycles. The molecule has 0 aliphatic heterocycles. The smallest absolute Gasteiger partial charge is 0.309 e. The van der Waals surface area contributed by atoms with Crippen LogP contribution in [-0.4, -0.2) is 36.0 Å². The van der Waals surface area contributed by atoms with Crippen molar-refractivity contribution in [1.82, 2.24) is 4.90 Å². The minimum Gasteiger partial charge on any atom is -0.481 e. The molecule has 0 radical (unpaired) electrons. The third-order valence-corrected chi connectivity index (χ3v) is 4.56. The van der Waals surface area contributed by atoms with Crippen LogP contribution in [0, 0.1) is 10.8 Å². The van der Waals surface area contributed by atoms with Gasteiger partial charge in [0.1, 0.15) is 0 Å². The Balaban J connectivity index is 2.17. The van der Waals surface area contributed by atoms with Gasteiger partial charge in [0.15, 0.2) is 0 Å². The van der Waals surface area contributed by atoms with Gasteiger partial charge in [0.25, 0.3) is 0 Å². The van der Waals surface area contributed by atoms with Crippen molar-refractivity contribution in [2.75, 3.05) is 14.1 Å². The fourth-order valence-electron chi connectivity index (χ4n) is 3.30. The molecule has 2 bridgehead atoms. The summed E-state index contributed by atoms with van der Waals surface area (Å²) in [5, 5.41) is 9.25. The molecule has 0 spiro atoms. The molecule has 3 aliphatic carbocycles. The molecule has 0 unspecified atom stereocenters. The fourth-order valence-corrected chi connectivity index (χ4v) is 3.30. The van der Waals surface area contributed by atoms with Gasteiger partial charge in [-0.3, -0.25) is 9.59 Å². The van der Waals surface area contributed by atoms with E-state index in [1.807, 2.05) is 0 Å². The van der Waals surface area contributed by atoms with E-state index in [0.717, 1.165) is 19.3 Å². The third-order valence-electron chi connectivity index (χ3n) is 4.56. The van der Waals surface area contributed by atoms with Crippen LogP contribution in [0.1, 0.15) is 38.5 Å².